The average molecular weight is 386 g/mol. The van der Waals surface area contributed by atoms with E-state index in [9.17, 15) is 26.4 Å². The van der Waals surface area contributed by atoms with Gasteiger partial charge in [0.2, 0.25) is 20.0 Å². The van der Waals surface area contributed by atoms with Crippen molar-refractivity contribution >= 4 is 32.0 Å². The van der Waals surface area contributed by atoms with Gasteiger partial charge in [-0.3, -0.25) is 0 Å². The van der Waals surface area contributed by atoms with Crippen LogP contribution in [0, 0.1) is 0 Å². The van der Waals surface area contributed by atoms with Gasteiger partial charge in [0.25, 0.3) is 0 Å². The van der Waals surface area contributed by atoms with Crippen LogP contribution in [-0.4, -0.2) is 64.6 Å². The van der Waals surface area contributed by atoms with E-state index in [1.54, 1.807) is 0 Å². The lowest BCUT2D eigenvalue weighted by molar-refractivity contribution is -0.136. The van der Waals surface area contributed by atoms with Crippen molar-refractivity contribution in [3.05, 3.63) is 11.1 Å². The number of hydrogen-bond donors (Lipinski definition) is 4. The maximum Gasteiger partial charge on any atom is 0.332 e. The van der Waals surface area contributed by atoms with E-state index in [0.29, 0.717) is 0 Å². The van der Waals surface area contributed by atoms with Crippen molar-refractivity contribution in [3.63, 3.8) is 0 Å². The van der Waals surface area contributed by atoms with Crippen molar-refractivity contribution in [2.24, 2.45) is 0 Å². The molecule has 0 fully saturated rings. The molecule has 0 aliphatic carbocycles. The van der Waals surface area contributed by atoms with E-state index in [2.05, 4.69) is 9.44 Å². The third kappa shape index (κ3) is 11.1. The van der Waals surface area contributed by atoms with Gasteiger partial charge in [0.1, 0.15) is 0 Å². The third-order valence-electron chi connectivity index (χ3n) is 2.82. The van der Waals surface area contributed by atoms with Gasteiger partial charge >= 0.3 is 11.9 Å². The van der Waals surface area contributed by atoms with Crippen LogP contribution in [0.5, 0.6) is 0 Å². The molecule has 0 saturated heterocycles. The van der Waals surface area contributed by atoms with E-state index >= 15 is 0 Å². The van der Waals surface area contributed by atoms with E-state index < -0.39 is 32.0 Å². The first-order chi connectivity index (χ1) is 10.8. The minimum atomic E-state index is -3.41. The lowest BCUT2D eigenvalue weighted by Crippen LogP contribution is -2.24. The second kappa shape index (κ2) is 9.71. The zero-order chi connectivity index (χ0) is 19.0. The van der Waals surface area contributed by atoms with Crippen LogP contribution in [0.25, 0.3) is 0 Å². The fourth-order valence-electron chi connectivity index (χ4n) is 1.82. The molecule has 4 N–H and O–H groups in total. The molecule has 0 aliphatic heterocycles. The molecule has 0 radical (unpaired) electrons. The Kier molecular flexibility index (Phi) is 9.11. The van der Waals surface area contributed by atoms with Crippen molar-refractivity contribution < 1.29 is 36.6 Å². The number of carboxylic acids is 2. The molecular formula is C12H22N2O8S2. The average Bonchev–Trinajstić information content (AvgIpc) is 2.37. The van der Waals surface area contributed by atoms with Crippen LogP contribution in [0.1, 0.15) is 25.7 Å². The molecule has 0 saturated carbocycles. The van der Waals surface area contributed by atoms with Gasteiger partial charge in [-0.2, -0.15) is 0 Å². The monoisotopic (exact) mass is 386 g/mol. The summed E-state index contributed by atoms with van der Waals surface area (Å²) >= 11 is 0. The maximum atomic E-state index is 11.3. The van der Waals surface area contributed by atoms with Crippen molar-refractivity contribution in [3.8, 4) is 0 Å². The maximum absolute atomic E-state index is 11.3. The Morgan fingerprint density at radius 2 is 1.04 bits per heavy atom. The Labute approximate surface area is 141 Å². The summed E-state index contributed by atoms with van der Waals surface area (Å²) in [6, 6.07) is 0. The largest absolute Gasteiger partial charge is 0.478 e. The highest BCUT2D eigenvalue weighted by Gasteiger charge is 2.19. The molecular weight excluding hydrogens is 364 g/mol. The Morgan fingerprint density at radius 1 is 0.750 bits per heavy atom. The molecule has 0 aliphatic rings. The van der Waals surface area contributed by atoms with Gasteiger partial charge in [-0.05, 0) is 25.7 Å². The van der Waals surface area contributed by atoms with Crippen molar-refractivity contribution in [1.82, 2.24) is 9.44 Å². The normalized spacial score (nSPS) is 13.4. The van der Waals surface area contributed by atoms with Crippen LogP contribution in [0.15, 0.2) is 11.1 Å². The second-order valence-corrected chi connectivity index (χ2v) is 8.77. The summed E-state index contributed by atoms with van der Waals surface area (Å²) in [5.74, 6) is -2.80. The van der Waals surface area contributed by atoms with Gasteiger partial charge < -0.3 is 10.2 Å². The number of nitrogens with one attached hydrogen (secondary N) is 2. The fourth-order valence-corrected chi connectivity index (χ4v) is 2.85. The second-order valence-electron chi connectivity index (χ2n) is 5.11. The topological polar surface area (TPSA) is 167 Å². The minimum Gasteiger partial charge on any atom is -0.478 e. The molecule has 0 amide bonds. The Hall–Kier alpha value is -1.50. The van der Waals surface area contributed by atoms with E-state index in [0.717, 1.165) is 12.5 Å². The first-order valence-corrected chi connectivity index (χ1v) is 10.7. The molecule has 0 heterocycles. The lowest BCUT2D eigenvalue weighted by Gasteiger charge is -2.10. The first kappa shape index (κ1) is 22.5. The molecule has 0 aromatic carbocycles. The van der Waals surface area contributed by atoms with Gasteiger partial charge in [-0.25, -0.2) is 35.9 Å². The van der Waals surface area contributed by atoms with Crippen LogP contribution >= 0.6 is 0 Å². The van der Waals surface area contributed by atoms with E-state index in [1.807, 2.05) is 0 Å². The number of rotatable bonds is 12. The number of sulfonamides is 2. The predicted molar refractivity (Wildman–Crippen MR) is 86.5 cm³/mol. The van der Waals surface area contributed by atoms with Crippen molar-refractivity contribution in [2.45, 2.75) is 25.7 Å². The zero-order valence-electron chi connectivity index (χ0n) is 13.4. The fraction of sp³-hybridized carbons (Fsp3) is 0.667. The number of carbonyl (C=O) groups is 2. The molecule has 0 unspecified atom stereocenters. The molecule has 10 nitrogen and oxygen atoms in total. The van der Waals surface area contributed by atoms with Crippen molar-refractivity contribution in [2.75, 3.05) is 25.6 Å². The first-order valence-electron chi connectivity index (χ1n) is 6.91. The zero-order valence-corrected chi connectivity index (χ0v) is 15.0. The summed E-state index contributed by atoms with van der Waals surface area (Å²) in [7, 11) is -6.81. The van der Waals surface area contributed by atoms with Crippen molar-refractivity contribution in [1.29, 1.82) is 0 Å². The van der Waals surface area contributed by atoms with Gasteiger partial charge in [0.05, 0.1) is 12.5 Å². The minimum absolute atomic E-state index is 0.0157. The van der Waals surface area contributed by atoms with Crippen LogP contribution in [-0.2, 0) is 29.6 Å². The molecule has 0 atom stereocenters. The molecule has 140 valence electrons. The van der Waals surface area contributed by atoms with Gasteiger partial charge in [0.15, 0.2) is 0 Å². The Balaban J connectivity index is 4.89. The molecule has 0 rings (SSSR count). The standard InChI is InChI=1S/C12H22N2O8S2/c1-23(19,20)13-7-3-5-9(11(15)16)10(12(17)18)6-4-8-14-24(2,21)22/h13-14H,3-8H2,1-2H3,(H,15,16)(H,17,18). The van der Waals surface area contributed by atoms with E-state index in [4.69, 9.17) is 10.2 Å². The third-order valence-corrected chi connectivity index (χ3v) is 4.27. The number of carboxylic acid groups (broad SMARTS) is 2. The molecule has 24 heavy (non-hydrogen) atoms. The smallest absolute Gasteiger partial charge is 0.332 e. The summed E-state index contributed by atoms with van der Waals surface area (Å²) in [5.41, 5.74) is -0.644. The summed E-state index contributed by atoms with van der Waals surface area (Å²) in [5, 5.41) is 18.3. The summed E-state index contributed by atoms with van der Waals surface area (Å²) in [6.07, 6.45) is 1.90. The van der Waals surface area contributed by atoms with E-state index in [-0.39, 0.29) is 49.9 Å². The van der Waals surface area contributed by atoms with Crippen LogP contribution in [0.4, 0.5) is 0 Å². The molecule has 0 spiro atoms. The van der Waals surface area contributed by atoms with Crippen LogP contribution in [0.2, 0.25) is 0 Å². The molecule has 0 aromatic rings. The summed E-state index contributed by atoms with van der Waals surface area (Å²) in [6.45, 7) is -0.0315. The van der Waals surface area contributed by atoms with E-state index in [1.165, 1.54) is 0 Å². The molecule has 0 aromatic heterocycles. The Morgan fingerprint density at radius 3 is 1.25 bits per heavy atom. The van der Waals surface area contributed by atoms with Crippen LogP contribution < -0.4 is 9.44 Å². The van der Waals surface area contributed by atoms with Crippen LogP contribution in [0.3, 0.4) is 0 Å². The number of aliphatic carboxylic acids is 2. The summed E-state index contributed by atoms with van der Waals surface area (Å²) in [4.78, 5) is 22.5. The Bertz CT molecular complexity index is 635. The van der Waals surface area contributed by atoms with Gasteiger partial charge in [-0.1, -0.05) is 0 Å². The highest BCUT2D eigenvalue weighted by Crippen LogP contribution is 2.17. The van der Waals surface area contributed by atoms with Gasteiger partial charge in [0, 0.05) is 24.2 Å². The van der Waals surface area contributed by atoms with Gasteiger partial charge in [-0.15, -0.1) is 0 Å². The molecule has 0 bridgehead atoms. The SMILES string of the molecule is CS(=O)(=O)NCCCC(C(=O)O)=C(CCCNS(C)(=O)=O)C(=O)O. The quantitative estimate of drug-likeness (QED) is 0.247. The highest BCUT2D eigenvalue weighted by molar-refractivity contribution is 7.89. The number of hydrogen-bond acceptors (Lipinski definition) is 6. The summed E-state index contributed by atoms with van der Waals surface area (Å²) < 4.78 is 48.0. The molecule has 12 heteroatoms. The lowest BCUT2D eigenvalue weighted by atomic mass is 9.99. The predicted octanol–water partition coefficient (Wildman–Crippen LogP) is -0.889. The highest BCUT2D eigenvalue weighted by atomic mass is 32.2.